The lowest BCUT2D eigenvalue weighted by Gasteiger charge is -2.09. The number of nitrogens with two attached hydrogens (primary N) is 1. The number of aromatic nitrogens is 1. The van der Waals surface area contributed by atoms with Crippen molar-refractivity contribution < 1.29 is 9.90 Å². The van der Waals surface area contributed by atoms with E-state index in [1.54, 1.807) is 24.3 Å². The highest BCUT2D eigenvalue weighted by Gasteiger charge is 2.07. The van der Waals surface area contributed by atoms with Crippen LogP contribution in [0, 0.1) is 0 Å². The summed E-state index contributed by atoms with van der Waals surface area (Å²) in [6.07, 6.45) is 0.0919. The lowest BCUT2D eigenvalue weighted by molar-refractivity contribution is -0.118. The maximum absolute atomic E-state index is 11.7. The van der Waals surface area contributed by atoms with Crippen LogP contribution in [-0.4, -0.2) is 15.6 Å². The molecule has 0 aliphatic rings. The largest absolute Gasteiger partial charge is 0.507 e. The lowest BCUT2D eigenvalue weighted by atomic mass is 10.2. The van der Waals surface area contributed by atoms with Crippen LogP contribution in [0.25, 0.3) is 10.9 Å². The van der Waals surface area contributed by atoms with Crippen LogP contribution in [0.15, 0.2) is 35.1 Å². The number of benzene rings is 1. The van der Waals surface area contributed by atoms with E-state index in [0.717, 1.165) is 6.07 Å². The molecule has 1 aromatic carbocycles. The van der Waals surface area contributed by atoms with Gasteiger partial charge in [0.05, 0.1) is 5.52 Å². The zero-order valence-electron chi connectivity index (χ0n) is 9.09. The topological polar surface area (TPSA) is 85.3 Å². The molecule has 0 radical (unpaired) electrons. The van der Waals surface area contributed by atoms with Gasteiger partial charge in [-0.05, 0) is 12.1 Å². The Morgan fingerprint density at radius 1 is 1.35 bits per heavy atom. The zero-order valence-corrected chi connectivity index (χ0v) is 9.09. The average Bonchev–Trinajstić information content (AvgIpc) is 2.28. The highest BCUT2D eigenvalue weighted by Crippen LogP contribution is 2.21. The number of rotatable bonds is 3. The Labute approximate surface area is 97.1 Å². The van der Waals surface area contributed by atoms with Gasteiger partial charge >= 0.3 is 0 Å². The molecule has 0 unspecified atom stereocenters. The number of amides is 1. The van der Waals surface area contributed by atoms with Gasteiger partial charge in [-0.1, -0.05) is 12.1 Å². The van der Waals surface area contributed by atoms with Gasteiger partial charge in [-0.2, -0.15) is 0 Å². The molecule has 0 spiro atoms. The van der Waals surface area contributed by atoms with E-state index in [-0.39, 0.29) is 24.3 Å². The normalized spacial score (nSPS) is 10.6. The first-order chi connectivity index (χ1) is 8.09. The number of hydrogen-bond acceptors (Lipinski definition) is 3. The number of carbonyl (C=O) groups is 1. The van der Waals surface area contributed by atoms with Crippen molar-refractivity contribution in [2.75, 3.05) is 0 Å². The summed E-state index contributed by atoms with van der Waals surface area (Å²) in [7, 11) is 0. The van der Waals surface area contributed by atoms with Crippen molar-refractivity contribution in [3.63, 3.8) is 0 Å². The number of hydrogen-bond donors (Lipinski definition) is 2. The molecule has 2 aromatic rings. The monoisotopic (exact) mass is 232 g/mol. The van der Waals surface area contributed by atoms with E-state index in [1.807, 2.05) is 0 Å². The SMILES string of the molecule is NC(=O)CCn1c(=O)cc(O)c2ccccc21. The van der Waals surface area contributed by atoms with Gasteiger partial charge < -0.3 is 15.4 Å². The molecular formula is C12H12N2O3. The number of aromatic hydroxyl groups is 1. The first-order valence-electron chi connectivity index (χ1n) is 5.19. The molecule has 2 rings (SSSR count). The number of carbonyl (C=O) groups excluding carboxylic acids is 1. The van der Waals surface area contributed by atoms with Crippen molar-refractivity contribution in [2.24, 2.45) is 5.73 Å². The smallest absolute Gasteiger partial charge is 0.254 e. The van der Waals surface area contributed by atoms with Crippen LogP contribution in [-0.2, 0) is 11.3 Å². The first kappa shape index (κ1) is 11.2. The molecule has 1 amide bonds. The quantitative estimate of drug-likeness (QED) is 0.811. The molecule has 3 N–H and O–H groups in total. The standard InChI is InChI=1S/C12H12N2O3/c13-11(16)5-6-14-9-4-2-1-3-8(9)10(15)7-12(14)17/h1-4,7,15H,5-6H2,(H2,13,16). The molecule has 0 saturated heterocycles. The number of fused-ring (bicyclic) bond motifs is 1. The fourth-order valence-corrected chi connectivity index (χ4v) is 1.77. The Balaban J connectivity index is 2.61. The van der Waals surface area contributed by atoms with Crippen LogP contribution in [0.5, 0.6) is 5.75 Å². The third kappa shape index (κ3) is 2.13. The third-order valence-corrected chi connectivity index (χ3v) is 2.58. The summed E-state index contributed by atoms with van der Waals surface area (Å²) < 4.78 is 1.43. The highest BCUT2D eigenvalue weighted by molar-refractivity contribution is 5.85. The molecule has 5 heteroatoms. The van der Waals surface area contributed by atoms with E-state index < -0.39 is 5.91 Å². The Hall–Kier alpha value is -2.30. The van der Waals surface area contributed by atoms with E-state index in [1.165, 1.54) is 4.57 Å². The molecule has 0 saturated carbocycles. The molecule has 1 heterocycles. The van der Waals surface area contributed by atoms with Gasteiger partial charge in [-0.3, -0.25) is 9.59 Å². The van der Waals surface area contributed by atoms with E-state index in [4.69, 9.17) is 5.73 Å². The van der Waals surface area contributed by atoms with Gasteiger partial charge in [0.15, 0.2) is 0 Å². The minimum atomic E-state index is -0.464. The van der Waals surface area contributed by atoms with Gasteiger partial charge in [-0.25, -0.2) is 0 Å². The van der Waals surface area contributed by atoms with Gasteiger partial charge in [-0.15, -0.1) is 0 Å². The maximum Gasteiger partial charge on any atom is 0.254 e. The molecule has 0 aliphatic carbocycles. The van der Waals surface area contributed by atoms with Crippen molar-refractivity contribution in [3.05, 3.63) is 40.7 Å². The Bertz CT molecular complexity index is 631. The van der Waals surface area contributed by atoms with Gasteiger partial charge in [0, 0.05) is 24.4 Å². The zero-order chi connectivity index (χ0) is 12.4. The van der Waals surface area contributed by atoms with Crippen LogP contribution in [0.3, 0.4) is 0 Å². The van der Waals surface area contributed by atoms with Gasteiger partial charge in [0.25, 0.3) is 5.56 Å². The van der Waals surface area contributed by atoms with Crippen molar-refractivity contribution in [1.29, 1.82) is 0 Å². The first-order valence-corrected chi connectivity index (χ1v) is 5.19. The fraction of sp³-hybridized carbons (Fsp3) is 0.167. The van der Waals surface area contributed by atoms with E-state index >= 15 is 0 Å². The molecule has 1 aromatic heterocycles. The summed E-state index contributed by atoms with van der Waals surface area (Å²) in [6, 6.07) is 8.11. The minimum absolute atomic E-state index is 0.0547. The van der Waals surface area contributed by atoms with Crippen molar-refractivity contribution in [1.82, 2.24) is 4.57 Å². The predicted molar refractivity (Wildman–Crippen MR) is 63.7 cm³/mol. The summed E-state index contributed by atoms with van der Waals surface area (Å²) >= 11 is 0. The molecule has 0 atom stereocenters. The van der Waals surface area contributed by atoms with E-state index in [9.17, 15) is 14.7 Å². The molecule has 0 fully saturated rings. The molecule has 0 bridgehead atoms. The minimum Gasteiger partial charge on any atom is -0.507 e. The van der Waals surface area contributed by atoms with Crippen molar-refractivity contribution >= 4 is 16.8 Å². The van der Waals surface area contributed by atoms with Crippen molar-refractivity contribution in [3.8, 4) is 5.75 Å². The number of para-hydroxylation sites is 1. The second-order valence-corrected chi connectivity index (χ2v) is 3.75. The fourth-order valence-electron chi connectivity index (χ4n) is 1.77. The molecule has 17 heavy (non-hydrogen) atoms. The predicted octanol–water partition coefficient (Wildman–Crippen LogP) is 0.582. The number of primary amides is 1. The summed E-state index contributed by atoms with van der Waals surface area (Å²) in [5, 5.41) is 10.2. The number of nitrogens with zero attached hydrogens (tertiary/aromatic N) is 1. The Morgan fingerprint density at radius 2 is 2.06 bits per heavy atom. The second-order valence-electron chi connectivity index (χ2n) is 3.75. The van der Waals surface area contributed by atoms with Crippen molar-refractivity contribution in [2.45, 2.75) is 13.0 Å². The Morgan fingerprint density at radius 3 is 2.76 bits per heavy atom. The molecular weight excluding hydrogens is 220 g/mol. The van der Waals surface area contributed by atoms with Crippen LogP contribution in [0.4, 0.5) is 0 Å². The summed E-state index contributed by atoms with van der Waals surface area (Å²) in [4.78, 5) is 22.5. The van der Waals surface area contributed by atoms with Crippen LogP contribution in [0.2, 0.25) is 0 Å². The second kappa shape index (κ2) is 4.29. The average molecular weight is 232 g/mol. The van der Waals surface area contributed by atoms with Gasteiger partial charge in [0.1, 0.15) is 5.75 Å². The van der Waals surface area contributed by atoms with Crippen LogP contribution < -0.4 is 11.3 Å². The number of aryl methyl sites for hydroxylation is 1. The third-order valence-electron chi connectivity index (χ3n) is 2.58. The lowest BCUT2D eigenvalue weighted by Crippen LogP contribution is -2.23. The Kier molecular flexibility index (Phi) is 2.82. The summed E-state index contributed by atoms with van der Waals surface area (Å²) in [6.45, 7) is 0.217. The summed E-state index contributed by atoms with van der Waals surface area (Å²) in [5.41, 5.74) is 5.31. The molecule has 0 aliphatic heterocycles. The van der Waals surface area contributed by atoms with Crippen LogP contribution in [0.1, 0.15) is 6.42 Å². The van der Waals surface area contributed by atoms with Crippen LogP contribution >= 0.6 is 0 Å². The number of pyridine rings is 1. The maximum atomic E-state index is 11.7. The van der Waals surface area contributed by atoms with E-state index in [2.05, 4.69) is 0 Å². The van der Waals surface area contributed by atoms with E-state index in [0.29, 0.717) is 10.9 Å². The van der Waals surface area contributed by atoms with Gasteiger partial charge in [0.2, 0.25) is 5.91 Å². The summed E-state index contributed by atoms with van der Waals surface area (Å²) in [5.74, 6) is -0.519. The molecule has 5 nitrogen and oxygen atoms in total. The highest BCUT2D eigenvalue weighted by atomic mass is 16.3. The molecule has 88 valence electrons.